The summed E-state index contributed by atoms with van der Waals surface area (Å²) in [6.07, 6.45) is 0. The molecule has 0 fully saturated rings. The highest BCUT2D eigenvalue weighted by molar-refractivity contribution is 5.91. The number of hydrogen-bond donors (Lipinski definition) is 3. The Morgan fingerprint density at radius 2 is 2.12 bits per heavy atom. The second-order valence-corrected chi connectivity index (χ2v) is 5.50. The second kappa shape index (κ2) is 6.71. The predicted octanol–water partition coefficient (Wildman–Crippen LogP) is 1.12. The van der Waals surface area contributed by atoms with E-state index in [-0.39, 0.29) is 19.1 Å². The Morgan fingerprint density at radius 1 is 1.33 bits per heavy atom. The van der Waals surface area contributed by atoms with E-state index in [1.807, 2.05) is 37.3 Å². The molecule has 24 heavy (non-hydrogen) atoms. The number of benzene rings is 1. The number of aromatic nitrogens is 4. The van der Waals surface area contributed by atoms with Crippen molar-refractivity contribution in [1.82, 2.24) is 19.3 Å². The van der Waals surface area contributed by atoms with Gasteiger partial charge in [-0.3, -0.25) is 9.48 Å². The maximum atomic E-state index is 12.4. The number of aliphatic hydroxyl groups excluding tert-OH is 1. The van der Waals surface area contributed by atoms with Crippen LogP contribution in [-0.2, 0) is 18.4 Å². The molecule has 1 amide bonds. The fourth-order valence-corrected chi connectivity index (χ4v) is 2.59. The lowest BCUT2D eigenvalue weighted by atomic mass is 10.3. The normalized spacial score (nSPS) is 11.0. The number of nitrogens with one attached hydrogen (secondary N) is 2. The van der Waals surface area contributed by atoms with Gasteiger partial charge < -0.3 is 20.3 Å². The third-order valence-electron chi connectivity index (χ3n) is 3.62. The quantitative estimate of drug-likeness (QED) is 0.630. The first-order valence-corrected chi connectivity index (χ1v) is 7.69. The molecule has 0 radical (unpaired) electrons. The molecule has 0 atom stereocenters. The van der Waals surface area contributed by atoms with E-state index in [4.69, 9.17) is 5.11 Å². The average molecular weight is 328 g/mol. The first kappa shape index (κ1) is 16.0. The van der Waals surface area contributed by atoms with Crippen LogP contribution in [-0.4, -0.2) is 43.5 Å². The van der Waals surface area contributed by atoms with Gasteiger partial charge >= 0.3 is 0 Å². The van der Waals surface area contributed by atoms with Gasteiger partial charge in [0.05, 0.1) is 23.3 Å². The highest BCUT2D eigenvalue weighted by Gasteiger charge is 2.14. The number of rotatable bonds is 6. The zero-order valence-corrected chi connectivity index (χ0v) is 13.7. The van der Waals surface area contributed by atoms with Crippen LogP contribution in [0.3, 0.4) is 0 Å². The minimum Gasteiger partial charge on any atom is -0.395 e. The first-order chi connectivity index (χ1) is 11.6. The molecule has 0 saturated heterocycles. The Labute approximate surface area is 139 Å². The molecule has 8 heteroatoms. The summed E-state index contributed by atoms with van der Waals surface area (Å²) < 4.78 is 3.42. The third kappa shape index (κ3) is 3.23. The fraction of sp³-hybridized carbons (Fsp3) is 0.312. The molecule has 1 aromatic carbocycles. The molecule has 126 valence electrons. The van der Waals surface area contributed by atoms with E-state index in [1.165, 1.54) is 0 Å². The van der Waals surface area contributed by atoms with Crippen molar-refractivity contribution in [2.75, 3.05) is 23.8 Å². The van der Waals surface area contributed by atoms with Gasteiger partial charge in [0, 0.05) is 19.7 Å². The summed E-state index contributed by atoms with van der Waals surface area (Å²) in [6, 6.07) is 9.41. The Bertz CT molecular complexity index is 867. The number of imidazole rings is 1. The van der Waals surface area contributed by atoms with Crippen LogP contribution in [0.25, 0.3) is 11.0 Å². The number of anilines is 2. The Morgan fingerprint density at radius 3 is 2.83 bits per heavy atom. The van der Waals surface area contributed by atoms with Gasteiger partial charge in [-0.15, -0.1) is 0 Å². The van der Waals surface area contributed by atoms with E-state index >= 15 is 0 Å². The van der Waals surface area contributed by atoms with Crippen molar-refractivity contribution in [3.63, 3.8) is 0 Å². The Kier molecular flexibility index (Phi) is 4.48. The SMILES string of the molecule is Cc1cc(NC(=O)Cn2c(NCCO)nc3ccccc32)n(C)n1. The first-order valence-electron chi connectivity index (χ1n) is 7.69. The molecule has 0 aliphatic carbocycles. The van der Waals surface area contributed by atoms with Crippen LogP contribution in [0.2, 0.25) is 0 Å². The average Bonchev–Trinajstić information content (AvgIpc) is 3.05. The number of aliphatic hydroxyl groups is 1. The van der Waals surface area contributed by atoms with Crippen molar-refractivity contribution in [2.45, 2.75) is 13.5 Å². The number of nitrogens with zero attached hydrogens (tertiary/aromatic N) is 4. The van der Waals surface area contributed by atoms with E-state index < -0.39 is 0 Å². The summed E-state index contributed by atoms with van der Waals surface area (Å²) in [5.74, 6) is 1.03. The minimum absolute atomic E-state index is 0.0102. The molecule has 3 N–H and O–H groups in total. The number of carbonyl (C=O) groups is 1. The van der Waals surface area contributed by atoms with E-state index in [0.29, 0.717) is 18.3 Å². The van der Waals surface area contributed by atoms with Crippen molar-refractivity contribution in [2.24, 2.45) is 7.05 Å². The molecule has 0 unspecified atom stereocenters. The number of aryl methyl sites for hydroxylation is 2. The molecule has 8 nitrogen and oxygen atoms in total. The lowest BCUT2D eigenvalue weighted by Crippen LogP contribution is -2.22. The standard InChI is InChI=1S/C16H20N6O2/c1-11-9-14(21(2)20-11)19-15(24)10-22-13-6-4-3-5-12(13)18-16(22)17-7-8-23/h3-6,9,23H,7-8,10H2,1-2H3,(H,17,18)(H,19,24). The second-order valence-electron chi connectivity index (χ2n) is 5.50. The van der Waals surface area contributed by atoms with Gasteiger partial charge in [0.1, 0.15) is 12.4 Å². The molecule has 0 aliphatic rings. The van der Waals surface area contributed by atoms with Crippen molar-refractivity contribution in [3.05, 3.63) is 36.0 Å². The predicted molar refractivity (Wildman–Crippen MR) is 91.9 cm³/mol. The van der Waals surface area contributed by atoms with Crippen LogP contribution in [0.15, 0.2) is 30.3 Å². The molecule has 0 bridgehead atoms. The lowest BCUT2D eigenvalue weighted by Gasteiger charge is -2.10. The van der Waals surface area contributed by atoms with Gasteiger partial charge in [-0.2, -0.15) is 5.10 Å². The highest BCUT2D eigenvalue weighted by atomic mass is 16.3. The summed E-state index contributed by atoms with van der Waals surface area (Å²) >= 11 is 0. The van der Waals surface area contributed by atoms with Crippen molar-refractivity contribution < 1.29 is 9.90 Å². The summed E-state index contributed by atoms with van der Waals surface area (Å²) in [6.45, 7) is 2.34. The molecule has 2 heterocycles. The molecule has 0 saturated carbocycles. The van der Waals surface area contributed by atoms with E-state index in [0.717, 1.165) is 16.7 Å². The molecule has 3 aromatic rings. The van der Waals surface area contributed by atoms with Crippen molar-refractivity contribution in [1.29, 1.82) is 0 Å². The maximum absolute atomic E-state index is 12.4. The van der Waals surface area contributed by atoms with Crippen LogP contribution < -0.4 is 10.6 Å². The largest absolute Gasteiger partial charge is 0.395 e. The number of amides is 1. The summed E-state index contributed by atoms with van der Waals surface area (Å²) in [4.78, 5) is 16.9. The molecular formula is C16H20N6O2. The number of fused-ring (bicyclic) bond motifs is 1. The lowest BCUT2D eigenvalue weighted by molar-refractivity contribution is -0.116. The van der Waals surface area contributed by atoms with Crippen LogP contribution in [0.4, 0.5) is 11.8 Å². The molecular weight excluding hydrogens is 308 g/mol. The van der Waals surface area contributed by atoms with Crippen LogP contribution >= 0.6 is 0 Å². The number of para-hydroxylation sites is 2. The van der Waals surface area contributed by atoms with Crippen molar-refractivity contribution >= 4 is 28.7 Å². The van der Waals surface area contributed by atoms with Gasteiger partial charge in [0.15, 0.2) is 0 Å². The summed E-state index contributed by atoms with van der Waals surface area (Å²) in [5.41, 5.74) is 2.49. The Balaban J connectivity index is 1.85. The molecule has 0 spiro atoms. The topological polar surface area (TPSA) is 97.0 Å². The highest BCUT2D eigenvalue weighted by Crippen LogP contribution is 2.19. The third-order valence-corrected chi connectivity index (χ3v) is 3.62. The smallest absolute Gasteiger partial charge is 0.245 e. The minimum atomic E-state index is -0.173. The summed E-state index contributed by atoms with van der Waals surface area (Å²) in [7, 11) is 1.78. The maximum Gasteiger partial charge on any atom is 0.245 e. The molecule has 0 aliphatic heterocycles. The monoisotopic (exact) mass is 328 g/mol. The number of carbonyl (C=O) groups excluding carboxylic acids is 1. The van der Waals surface area contributed by atoms with Gasteiger partial charge in [0.2, 0.25) is 11.9 Å². The summed E-state index contributed by atoms with van der Waals surface area (Å²) in [5, 5.41) is 19.1. The zero-order chi connectivity index (χ0) is 17.1. The van der Waals surface area contributed by atoms with E-state index in [9.17, 15) is 4.79 Å². The number of hydrogen-bond acceptors (Lipinski definition) is 5. The van der Waals surface area contributed by atoms with Crippen LogP contribution in [0.5, 0.6) is 0 Å². The van der Waals surface area contributed by atoms with E-state index in [1.54, 1.807) is 16.3 Å². The Hall–Kier alpha value is -2.87. The van der Waals surface area contributed by atoms with Crippen LogP contribution in [0.1, 0.15) is 5.69 Å². The zero-order valence-electron chi connectivity index (χ0n) is 13.7. The van der Waals surface area contributed by atoms with Gasteiger partial charge in [-0.1, -0.05) is 12.1 Å². The van der Waals surface area contributed by atoms with E-state index in [2.05, 4.69) is 20.7 Å². The van der Waals surface area contributed by atoms with Gasteiger partial charge in [-0.25, -0.2) is 4.98 Å². The van der Waals surface area contributed by atoms with Gasteiger partial charge in [-0.05, 0) is 19.1 Å². The molecule has 2 aromatic heterocycles. The molecule has 3 rings (SSSR count). The van der Waals surface area contributed by atoms with Gasteiger partial charge in [0.25, 0.3) is 0 Å². The van der Waals surface area contributed by atoms with Crippen LogP contribution in [0, 0.1) is 6.92 Å². The van der Waals surface area contributed by atoms with Crippen molar-refractivity contribution in [3.8, 4) is 0 Å². The fourth-order valence-electron chi connectivity index (χ4n) is 2.59.